The van der Waals surface area contributed by atoms with Gasteiger partial charge in [-0.2, -0.15) is 0 Å². The molecule has 0 heterocycles. The average molecular weight is 118 g/mol. The minimum Gasteiger partial charge on any atom is -0.106 e. The van der Waals surface area contributed by atoms with Crippen molar-refractivity contribution in [2.45, 2.75) is 19.8 Å². The molecule has 0 unspecified atom stereocenters. The zero-order valence-electron chi connectivity index (χ0n) is 5.65. The molecule has 0 heteroatoms. The fourth-order valence-electron chi connectivity index (χ4n) is 0.436. The predicted octanol–water partition coefficient (Wildman–Crippen LogP) is 1.98. The Morgan fingerprint density at radius 1 is 1.56 bits per heavy atom. The molecule has 0 saturated carbocycles. The van der Waals surface area contributed by atoms with Crippen molar-refractivity contribution in [2.75, 3.05) is 0 Å². The van der Waals surface area contributed by atoms with Gasteiger partial charge in [0.15, 0.2) is 0 Å². The lowest BCUT2D eigenvalue weighted by molar-refractivity contribution is 1.08. The van der Waals surface area contributed by atoms with Crippen LogP contribution in [-0.4, -0.2) is 0 Å². The van der Waals surface area contributed by atoms with Crippen LogP contribution in [0.3, 0.4) is 0 Å². The molecule has 0 spiro atoms. The van der Waals surface area contributed by atoms with Crippen LogP contribution in [0.4, 0.5) is 0 Å². The highest BCUT2D eigenvalue weighted by molar-refractivity contribution is 5.21. The van der Waals surface area contributed by atoms with E-state index in [9.17, 15) is 0 Å². The smallest absolute Gasteiger partial charge is 0.0133 e. The van der Waals surface area contributed by atoms with Gasteiger partial charge in [-0.25, -0.2) is 0 Å². The Balaban J connectivity index is 3.22. The Labute approximate surface area is 57.0 Å². The van der Waals surface area contributed by atoms with Gasteiger partial charge in [0.2, 0.25) is 0 Å². The van der Waals surface area contributed by atoms with Crippen LogP contribution in [0.15, 0.2) is 12.2 Å². The molecule has 0 saturated heterocycles. The van der Waals surface area contributed by atoms with Crippen LogP contribution in [0, 0.1) is 24.2 Å². The van der Waals surface area contributed by atoms with Gasteiger partial charge in [0.25, 0.3) is 0 Å². The van der Waals surface area contributed by atoms with E-state index in [-0.39, 0.29) is 0 Å². The van der Waals surface area contributed by atoms with Gasteiger partial charge >= 0.3 is 0 Å². The maximum absolute atomic E-state index is 4.90. The summed E-state index contributed by atoms with van der Waals surface area (Å²) in [5.41, 5.74) is 0. The molecule has 0 aromatic carbocycles. The van der Waals surface area contributed by atoms with Crippen molar-refractivity contribution in [3.63, 3.8) is 0 Å². The first-order valence-electron chi connectivity index (χ1n) is 2.96. The van der Waals surface area contributed by atoms with Crippen molar-refractivity contribution in [1.82, 2.24) is 0 Å². The second-order valence-electron chi connectivity index (χ2n) is 1.55. The molecule has 9 heavy (non-hydrogen) atoms. The number of hydrogen-bond donors (Lipinski definition) is 0. The van der Waals surface area contributed by atoms with Crippen molar-refractivity contribution in [3.8, 4) is 24.2 Å². The molecule has 0 rings (SSSR count). The second kappa shape index (κ2) is 6.86. The monoisotopic (exact) mass is 118 g/mol. The van der Waals surface area contributed by atoms with E-state index in [2.05, 4.69) is 23.8 Å². The fraction of sp³-hybridized carbons (Fsp3) is 0.333. The molecular weight excluding hydrogens is 108 g/mol. The topological polar surface area (TPSA) is 0 Å². The summed E-state index contributed by atoms with van der Waals surface area (Å²) in [6.07, 6.45) is 10.9. The maximum Gasteiger partial charge on any atom is 0.0133 e. The Bertz CT molecular complexity index is 168. The zero-order valence-corrected chi connectivity index (χ0v) is 5.65. The highest BCUT2D eigenvalue weighted by Crippen LogP contribution is 1.86. The first kappa shape index (κ1) is 7.86. The summed E-state index contributed by atoms with van der Waals surface area (Å²) in [4.78, 5) is 0. The molecule has 0 aromatic rings. The van der Waals surface area contributed by atoms with Crippen molar-refractivity contribution >= 4 is 0 Å². The van der Waals surface area contributed by atoms with Crippen LogP contribution in [0.2, 0.25) is 0 Å². The summed E-state index contributed by atoms with van der Waals surface area (Å²) in [5, 5.41) is 0. The van der Waals surface area contributed by atoms with Gasteiger partial charge in [-0.05, 0) is 25.2 Å². The van der Waals surface area contributed by atoms with E-state index in [4.69, 9.17) is 6.42 Å². The van der Waals surface area contributed by atoms with Gasteiger partial charge < -0.3 is 0 Å². The zero-order chi connectivity index (χ0) is 6.95. The summed E-state index contributed by atoms with van der Waals surface area (Å²) in [6, 6.07) is 0. The van der Waals surface area contributed by atoms with Gasteiger partial charge in [0.1, 0.15) is 0 Å². The summed E-state index contributed by atoms with van der Waals surface area (Å²) in [6.45, 7) is 1.99. The molecular formula is C9H10. The average Bonchev–Trinajstić information content (AvgIpc) is 1.89. The molecule has 0 bridgehead atoms. The minimum absolute atomic E-state index is 0.870. The molecule has 0 aliphatic rings. The molecule has 0 aliphatic carbocycles. The van der Waals surface area contributed by atoms with Crippen molar-refractivity contribution in [1.29, 1.82) is 0 Å². The summed E-state index contributed by atoms with van der Waals surface area (Å²) < 4.78 is 0. The van der Waals surface area contributed by atoms with Crippen LogP contribution in [0.25, 0.3) is 0 Å². The molecule has 0 amide bonds. The third-order valence-corrected chi connectivity index (χ3v) is 0.832. The van der Waals surface area contributed by atoms with Gasteiger partial charge in [0.05, 0.1) is 0 Å². The normalized spacial score (nSPS) is 8.00. The van der Waals surface area contributed by atoms with Crippen LogP contribution in [-0.2, 0) is 0 Å². The SMILES string of the molecule is C#CC#CCCC=CC. The van der Waals surface area contributed by atoms with E-state index in [1.54, 1.807) is 0 Å². The van der Waals surface area contributed by atoms with E-state index in [1.165, 1.54) is 0 Å². The maximum atomic E-state index is 4.90. The molecule has 0 nitrogen and oxygen atoms in total. The molecule has 0 fully saturated rings. The largest absolute Gasteiger partial charge is 0.106 e. The quantitative estimate of drug-likeness (QED) is 0.295. The van der Waals surface area contributed by atoms with Crippen LogP contribution in [0.5, 0.6) is 0 Å². The third-order valence-electron chi connectivity index (χ3n) is 0.832. The van der Waals surface area contributed by atoms with Gasteiger partial charge in [-0.3, -0.25) is 0 Å². The van der Waals surface area contributed by atoms with E-state index in [1.807, 2.05) is 13.0 Å². The molecule has 0 aliphatic heterocycles. The summed E-state index contributed by atoms with van der Waals surface area (Å²) >= 11 is 0. The Morgan fingerprint density at radius 2 is 2.33 bits per heavy atom. The standard InChI is InChI=1S/C9H10/c1-3-5-7-9-8-6-4-2/h1,4,6H,8-9H2,2H3. The number of allylic oxidation sites excluding steroid dienone is 2. The number of terminal acetylenes is 1. The molecule has 0 N–H and O–H groups in total. The lowest BCUT2D eigenvalue weighted by atomic mass is 10.3. The van der Waals surface area contributed by atoms with Crippen molar-refractivity contribution < 1.29 is 0 Å². The van der Waals surface area contributed by atoms with Crippen molar-refractivity contribution in [3.05, 3.63) is 12.2 Å². The summed E-state index contributed by atoms with van der Waals surface area (Å²) in [7, 11) is 0. The first-order chi connectivity index (χ1) is 4.41. The molecule has 0 aromatic heterocycles. The lowest BCUT2D eigenvalue weighted by Gasteiger charge is -1.77. The Kier molecular flexibility index (Phi) is 5.99. The van der Waals surface area contributed by atoms with E-state index < -0.39 is 0 Å². The van der Waals surface area contributed by atoms with Crippen molar-refractivity contribution in [2.24, 2.45) is 0 Å². The molecule has 0 atom stereocenters. The molecule has 46 valence electrons. The fourth-order valence-corrected chi connectivity index (χ4v) is 0.436. The van der Waals surface area contributed by atoms with E-state index in [0.29, 0.717) is 0 Å². The van der Waals surface area contributed by atoms with Crippen LogP contribution < -0.4 is 0 Å². The summed E-state index contributed by atoms with van der Waals surface area (Å²) in [5.74, 6) is 7.64. The Hall–Kier alpha value is -1.14. The highest BCUT2D eigenvalue weighted by Gasteiger charge is 1.70. The van der Waals surface area contributed by atoms with Gasteiger partial charge in [0, 0.05) is 6.42 Å². The van der Waals surface area contributed by atoms with E-state index in [0.717, 1.165) is 12.8 Å². The first-order valence-corrected chi connectivity index (χ1v) is 2.96. The molecule has 0 radical (unpaired) electrons. The van der Waals surface area contributed by atoms with Gasteiger partial charge in [-0.15, -0.1) is 6.42 Å². The predicted molar refractivity (Wildman–Crippen MR) is 40.7 cm³/mol. The number of rotatable bonds is 2. The number of hydrogen-bond acceptors (Lipinski definition) is 0. The lowest BCUT2D eigenvalue weighted by Crippen LogP contribution is -1.62. The van der Waals surface area contributed by atoms with Crippen LogP contribution in [0.1, 0.15) is 19.8 Å². The second-order valence-corrected chi connectivity index (χ2v) is 1.55. The Morgan fingerprint density at radius 3 is 2.89 bits per heavy atom. The number of unbranched alkanes of at least 4 members (excludes halogenated alkanes) is 1. The highest BCUT2D eigenvalue weighted by atomic mass is 13.7. The van der Waals surface area contributed by atoms with Crippen LogP contribution >= 0.6 is 0 Å². The van der Waals surface area contributed by atoms with E-state index >= 15 is 0 Å². The third kappa shape index (κ3) is 6.86. The minimum atomic E-state index is 0.870. The van der Waals surface area contributed by atoms with Gasteiger partial charge in [-0.1, -0.05) is 18.1 Å².